The van der Waals surface area contributed by atoms with E-state index < -0.39 is 35.1 Å². The minimum Gasteiger partial charge on any atom is -0.380 e. The molecule has 0 unspecified atom stereocenters. The van der Waals surface area contributed by atoms with Gasteiger partial charge in [-0.2, -0.15) is 4.31 Å². The lowest BCUT2D eigenvalue weighted by atomic mass is 9.77. The van der Waals surface area contributed by atoms with E-state index in [-0.39, 0.29) is 41.1 Å². The molecule has 3 fully saturated rings. The third-order valence-electron chi connectivity index (χ3n) is 8.88. The monoisotopic (exact) mass is 670 g/mol. The Morgan fingerprint density at radius 3 is 2.36 bits per heavy atom. The van der Waals surface area contributed by atoms with Gasteiger partial charge in [-0.1, -0.05) is 31.0 Å². The van der Waals surface area contributed by atoms with E-state index in [1.807, 2.05) is 13.8 Å². The van der Waals surface area contributed by atoms with Crippen molar-refractivity contribution < 1.29 is 31.4 Å². The summed E-state index contributed by atoms with van der Waals surface area (Å²) in [5.74, 6) is 0.275. The molecule has 0 saturated carbocycles. The molecule has 3 aliphatic heterocycles. The van der Waals surface area contributed by atoms with E-state index in [4.69, 9.17) is 19.2 Å². The molecule has 0 bridgehead atoms. The van der Waals surface area contributed by atoms with Crippen molar-refractivity contribution in [3.63, 3.8) is 0 Å². The Hall–Kier alpha value is -2.08. The summed E-state index contributed by atoms with van der Waals surface area (Å²) >= 11 is 0.750. The van der Waals surface area contributed by atoms with Crippen LogP contribution in [0.5, 0.6) is 0 Å². The summed E-state index contributed by atoms with van der Waals surface area (Å²) in [6.07, 6.45) is 0.611. The molecule has 0 N–H and O–H groups in total. The van der Waals surface area contributed by atoms with Crippen LogP contribution in [0.4, 0.5) is 14.5 Å². The lowest BCUT2D eigenvalue weighted by Crippen LogP contribution is -2.62. The van der Waals surface area contributed by atoms with Crippen LogP contribution in [0.1, 0.15) is 36.9 Å². The van der Waals surface area contributed by atoms with Crippen LogP contribution in [0.25, 0.3) is 16.3 Å². The number of aromatic nitrogens is 4. The smallest absolute Gasteiger partial charge is 0.291 e. The molecule has 11 nitrogen and oxygen atoms in total. The molecule has 44 heavy (non-hydrogen) atoms. The largest absolute Gasteiger partial charge is 0.380 e. The lowest BCUT2D eigenvalue weighted by molar-refractivity contribution is -0.124. The number of sulfonamides is 1. The van der Waals surface area contributed by atoms with Gasteiger partial charge in [0.2, 0.25) is 10.0 Å². The molecule has 1 spiro atoms. The van der Waals surface area contributed by atoms with Crippen molar-refractivity contribution in [3.8, 4) is 10.8 Å². The first-order chi connectivity index (χ1) is 20.7. The molecule has 6 rings (SSSR count). The van der Waals surface area contributed by atoms with E-state index in [1.54, 1.807) is 10.5 Å². The predicted octanol–water partition coefficient (Wildman–Crippen LogP) is 4.81. The van der Waals surface area contributed by atoms with E-state index in [2.05, 4.69) is 34.7 Å². The van der Waals surface area contributed by atoms with Gasteiger partial charge in [0.15, 0.2) is 15.8 Å². The van der Waals surface area contributed by atoms with Crippen LogP contribution in [0.3, 0.4) is 0 Å². The molecular weight excluding hydrogens is 631 g/mol. The average Bonchev–Trinajstić information content (AvgIpc) is 3.55. The van der Waals surface area contributed by atoms with Gasteiger partial charge in [-0.15, -0.1) is 10.2 Å². The van der Waals surface area contributed by atoms with Crippen LogP contribution >= 0.6 is 11.3 Å². The second-order valence-electron chi connectivity index (χ2n) is 13.7. The molecule has 3 saturated heterocycles. The molecule has 0 atom stereocenters. The van der Waals surface area contributed by atoms with Gasteiger partial charge < -0.3 is 19.1 Å². The standard InChI is InChI=1S/C28H40F2N6O5S2Si/c1-19-22-21(34-8-6-28(7-9-34)16-41-17-28)12-20(13-35(22)24(31-19)26-33-32-25(42-26)23(29)30)43(37,38)36(27(2)14-40-15-27)18-39-10-11-44(3,4)5/h12-13,23H,6-11,14-18H2,1-5H3. The van der Waals surface area contributed by atoms with Crippen molar-refractivity contribution in [2.75, 3.05) is 57.8 Å². The minimum atomic E-state index is -4.11. The van der Waals surface area contributed by atoms with Crippen molar-refractivity contribution in [3.05, 3.63) is 23.0 Å². The van der Waals surface area contributed by atoms with E-state index >= 15 is 0 Å². The van der Waals surface area contributed by atoms with E-state index in [0.29, 0.717) is 17.8 Å². The third kappa shape index (κ3) is 5.94. The molecule has 0 radical (unpaired) electrons. The van der Waals surface area contributed by atoms with Crippen molar-refractivity contribution in [1.82, 2.24) is 23.9 Å². The van der Waals surface area contributed by atoms with Gasteiger partial charge >= 0.3 is 0 Å². The topological polar surface area (TPSA) is 111 Å². The van der Waals surface area contributed by atoms with E-state index in [9.17, 15) is 17.2 Å². The Bertz CT molecular complexity index is 1620. The van der Waals surface area contributed by atoms with Crippen LogP contribution < -0.4 is 4.90 Å². The second-order valence-corrected chi connectivity index (χ2v) is 22.2. The summed E-state index contributed by atoms with van der Waals surface area (Å²) in [6.45, 7) is 14.3. The number of nitrogens with zero attached hydrogens (tertiary/aromatic N) is 6. The highest BCUT2D eigenvalue weighted by Gasteiger charge is 2.47. The molecule has 3 aromatic rings. The number of anilines is 1. The Kier molecular flexibility index (Phi) is 8.42. The summed E-state index contributed by atoms with van der Waals surface area (Å²) in [5.41, 5.74) is 1.49. The highest BCUT2D eigenvalue weighted by Crippen LogP contribution is 2.42. The maximum absolute atomic E-state index is 14.6. The normalized spacial score (nSPS) is 20.1. The van der Waals surface area contributed by atoms with Crippen molar-refractivity contribution in [1.29, 1.82) is 0 Å². The molecule has 0 amide bonds. The lowest BCUT2D eigenvalue weighted by Gasteiger charge is -2.48. The maximum atomic E-state index is 14.6. The zero-order valence-electron chi connectivity index (χ0n) is 25.8. The number of piperidine rings is 1. The van der Waals surface area contributed by atoms with Crippen LogP contribution in [0.2, 0.25) is 25.7 Å². The van der Waals surface area contributed by atoms with Gasteiger partial charge in [-0.25, -0.2) is 22.2 Å². The number of alkyl halides is 2. The van der Waals surface area contributed by atoms with Crippen molar-refractivity contribution in [2.24, 2.45) is 5.41 Å². The number of halogens is 2. The van der Waals surface area contributed by atoms with Gasteiger partial charge in [-0.3, -0.25) is 4.40 Å². The van der Waals surface area contributed by atoms with E-state index in [0.717, 1.165) is 62.2 Å². The molecule has 6 heterocycles. The van der Waals surface area contributed by atoms with Crippen LogP contribution in [0, 0.1) is 12.3 Å². The first kappa shape index (κ1) is 31.9. The molecule has 0 aliphatic carbocycles. The summed E-state index contributed by atoms with van der Waals surface area (Å²) in [4.78, 5) is 6.96. The maximum Gasteiger partial charge on any atom is 0.291 e. The zero-order chi connectivity index (χ0) is 31.5. The fourth-order valence-corrected chi connectivity index (χ4v) is 9.00. The second kappa shape index (κ2) is 11.6. The highest BCUT2D eigenvalue weighted by atomic mass is 32.2. The van der Waals surface area contributed by atoms with Gasteiger partial charge in [0.05, 0.1) is 48.9 Å². The molecule has 3 aliphatic rings. The molecule has 3 aromatic heterocycles. The summed E-state index contributed by atoms with van der Waals surface area (Å²) in [6, 6.07) is 2.63. The number of imidazole rings is 1. The Balaban J connectivity index is 1.44. The van der Waals surface area contributed by atoms with Gasteiger partial charge in [-0.05, 0) is 38.8 Å². The van der Waals surface area contributed by atoms with Crippen LogP contribution in [0.15, 0.2) is 17.2 Å². The average molecular weight is 671 g/mol. The SMILES string of the molecule is Cc1nc(-c2nnc(C(F)F)s2)n2cc(S(=O)(=O)N(COCC[Si](C)(C)C)C3(C)COC3)cc(N3CCC4(CC3)COC4)c12. The van der Waals surface area contributed by atoms with Gasteiger partial charge in [0.25, 0.3) is 6.43 Å². The van der Waals surface area contributed by atoms with Crippen molar-refractivity contribution in [2.45, 2.75) is 69.2 Å². The predicted molar refractivity (Wildman–Crippen MR) is 166 cm³/mol. The van der Waals surface area contributed by atoms with E-state index in [1.165, 1.54) is 10.5 Å². The molecule has 0 aromatic carbocycles. The number of rotatable bonds is 11. The number of pyridine rings is 1. The molecule has 16 heteroatoms. The third-order valence-corrected chi connectivity index (χ3v) is 13.5. The van der Waals surface area contributed by atoms with Gasteiger partial charge in [0, 0.05) is 39.4 Å². The number of ether oxygens (including phenoxy) is 3. The number of aryl methyl sites for hydroxylation is 1. The zero-order valence-corrected chi connectivity index (χ0v) is 28.4. The number of hydrogen-bond donors (Lipinski definition) is 0. The Morgan fingerprint density at radius 1 is 1.14 bits per heavy atom. The summed E-state index contributed by atoms with van der Waals surface area (Å²) in [5, 5.41) is 7.42. The number of fused-ring (bicyclic) bond motifs is 1. The highest BCUT2D eigenvalue weighted by molar-refractivity contribution is 7.89. The first-order valence-corrected chi connectivity index (χ1v) is 20.8. The Morgan fingerprint density at radius 2 is 1.82 bits per heavy atom. The van der Waals surface area contributed by atoms with Crippen molar-refractivity contribution >= 4 is 40.6 Å². The fraction of sp³-hybridized carbons (Fsp3) is 0.679. The molecular formula is C28H40F2N6O5S2Si. The fourth-order valence-electron chi connectivity index (χ4n) is 5.91. The number of hydrogen-bond acceptors (Lipinski definition) is 10. The quantitative estimate of drug-likeness (QED) is 0.161. The minimum absolute atomic E-state index is 0.0615. The first-order valence-electron chi connectivity index (χ1n) is 14.9. The van der Waals surface area contributed by atoms with Gasteiger partial charge in [0.1, 0.15) is 11.6 Å². The molecule has 242 valence electrons. The Labute approximate surface area is 261 Å². The van der Waals surface area contributed by atoms with Crippen LogP contribution in [-0.2, 0) is 24.2 Å². The van der Waals surface area contributed by atoms with Crippen LogP contribution in [-0.4, -0.2) is 98.8 Å². The summed E-state index contributed by atoms with van der Waals surface area (Å²) < 4.78 is 76.0. The summed E-state index contributed by atoms with van der Waals surface area (Å²) in [7, 11) is -5.50.